The van der Waals surface area contributed by atoms with Crippen LogP contribution in [0.25, 0.3) is 0 Å². The summed E-state index contributed by atoms with van der Waals surface area (Å²) >= 11 is 7.13. The van der Waals surface area contributed by atoms with Gasteiger partial charge >= 0.3 is 0 Å². The number of benzene rings is 1. The molecule has 0 aliphatic carbocycles. The zero-order valence-electron chi connectivity index (χ0n) is 11.5. The molecule has 0 saturated carbocycles. The molecule has 5 heteroatoms. The first-order chi connectivity index (χ1) is 9.52. The van der Waals surface area contributed by atoms with E-state index in [1.165, 1.54) is 6.07 Å². The molecular weight excluding hydrogens is 387 g/mol. The summed E-state index contributed by atoms with van der Waals surface area (Å²) in [5.41, 5.74) is 2.48. The van der Waals surface area contributed by atoms with Gasteiger partial charge in [-0.25, -0.2) is 4.39 Å². The van der Waals surface area contributed by atoms with Gasteiger partial charge in [0.25, 0.3) is 0 Å². The van der Waals surface area contributed by atoms with E-state index in [0.29, 0.717) is 10.7 Å². The molecular formula is C15H17Br2FN2. The van der Waals surface area contributed by atoms with E-state index in [-0.39, 0.29) is 11.2 Å². The molecule has 1 aromatic heterocycles. The predicted molar refractivity (Wildman–Crippen MR) is 87.3 cm³/mol. The first-order valence-corrected chi connectivity index (χ1v) is 8.63. The Bertz CT molecular complexity index is 591. The van der Waals surface area contributed by atoms with Crippen LogP contribution in [0, 0.1) is 12.7 Å². The Labute approximate surface area is 135 Å². The van der Waals surface area contributed by atoms with Gasteiger partial charge in [0.15, 0.2) is 0 Å². The minimum absolute atomic E-state index is 0.162. The summed E-state index contributed by atoms with van der Waals surface area (Å²) in [6.07, 6.45) is 0.724. The maximum Gasteiger partial charge on any atom is 0.127 e. The van der Waals surface area contributed by atoms with Crippen LogP contribution in [0.4, 0.5) is 4.39 Å². The molecule has 0 N–H and O–H groups in total. The number of aromatic nitrogens is 2. The van der Waals surface area contributed by atoms with Gasteiger partial charge in [0.2, 0.25) is 0 Å². The van der Waals surface area contributed by atoms with Gasteiger partial charge < -0.3 is 0 Å². The third-order valence-corrected chi connectivity index (χ3v) is 5.72. The van der Waals surface area contributed by atoms with Gasteiger partial charge in [0.1, 0.15) is 5.82 Å². The number of hydrogen-bond acceptors (Lipinski definition) is 1. The van der Waals surface area contributed by atoms with Crippen molar-refractivity contribution in [1.82, 2.24) is 9.78 Å². The van der Waals surface area contributed by atoms with Crippen molar-refractivity contribution in [1.29, 1.82) is 0 Å². The quantitative estimate of drug-likeness (QED) is 0.686. The molecule has 0 spiro atoms. The lowest BCUT2D eigenvalue weighted by atomic mass is 9.80. The first kappa shape index (κ1) is 15.7. The number of halogens is 3. The van der Waals surface area contributed by atoms with Crippen LogP contribution in [0.1, 0.15) is 17.0 Å². The summed E-state index contributed by atoms with van der Waals surface area (Å²) < 4.78 is 16.1. The lowest BCUT2D eigenvalue weighted by molar-refractivity contribution is 0.485. The monoisotopic (exact) mass is 402 g/mol. The third-order valence-electron chi connectivity index (χ3n) is 3.58. The van der Waals surface area contributed by atoms with E-state index in [9.17, 15) is 4.39 Å². The molecule has 0 aliphatic rings. The highest BCUT2D eigenvalue weighted by Gasteiger charge is 2.34. The van der Waals surface area contributed by atoms with Gasteiger partial charge in [0.05, 0.1) is 5.69 Å². The first-order valence-electron chi connectivity index (χ1n) is 6.39. The van der Waals surface area contributed by atoms with Crippen LogP contribution in [0.5, 0.6) is 0 Å². The van der Waals surface area contributed by atoms with Crippen LogP contribution < -0.4 is 0 Å². The molecule has 0 atom stereocenters. The maximum absolute atomic E-state index is 14.2. The van der Waals surface area contributed by atoms with Gasteiger partial charge in [-0.1, -0.05) is 50.1 Å². The van der Waals surface area contributed by atoms with Gasteiger partial charge in [-0.05, 0) is 24.6 Å². The normalized spacial score (nSPS) is 11.8. The van der Waals surface area contributed by atoms with Gasteiger partial charge in [-0.2, -0.15) is 5.10 Å². The van der Waals surface area contributed by atoms with Crippen molar-refractivity contribution in [2.45, 2.75) is 18.8 Å². The van der Waals surface area contributed by atoms with E-state index in [4.69, 9.17) is 0 Å². The average Bonchev–Trinajstić information content (AvgIpc) is 2.75. The highest BCUT2D eigenvalue weighted by Crippen LogP contribution is 2.34. The fourth-order valence-electron chi connectivity index (χ4n) is 2.44. The molecule has 0 bridgehead atoms. The molecule has 2 nitrogen and oxygen atoms in total. The Hall–Kier alpha value is -0.680. The Balaban J connectivity index is 2.45. The summed E-state index contributed by atoms with van der Waals surface area (Å²) in [6, 6.07) is 9.04. The second kappa shape index (κ2) is 6.39. The molecule has 0 amide bonds. The summed E-state index contributed by atoms with van der Waals surface area (Å²) in [7, 11) is 1.93. The molecule has 0 radical (unpaired) electrons. The van der Waals surface area contributed by atoms with Crippen molar-refractivity contribution in [2.24, 2.45) is 7.05 Å². The number of alkyl halides is 2. The summed E-state index contributed by atoms with van der Waals surface area (Å²) in [4.78, 5) is 0. The van der Waals surface area contributed by atoms with Crippen molar-refractivity contribution in [3.63, 3.8) is 0 Å². The number of rotatable bonds is 5. The van der Waals surface area contributed by atoms with Gasteiger partial charge in [-0.3, -0.25) is 4.68 Å². The minimum atomic E-state index is -0.328. The largest absolute Gasteiger partial charge is 0.272 e. The van der Waals surface area contributed by atoms with Crippen LogP contribution in [0.3, 0.4) is 0 Å². The second-order valence-electron chi connectivity index (χ2n) is 5.10. The molecule has 1 aromatic carbocycles. The molecule has 2 rings (SSSR count). The third kappa shape index (κ3) is 2.98. The number of nitrogens with zero attached hydrogens (tertiary/aromatic N) is 2. The molecule has 0 aliphatic heterocycles. The molecule has 108 valence electrons. The predicted octanol–water partition coefficient (Wildman–Crippen LogP) is 4.14. The molecule has 0 unspecified atom stereocenters. The van der Waals surface area contributed by atoms with Crippen LogP contribution in [0.2, 0.25) is 0 Å². The lowest BCUT2D eigenvalue weighted by Gasteiger charge is -2.31. The standard InChI is InChI=1S/C15H17Br2FN2/c1-11-7-12(20(2)19-11)8-15(9-16,10-17)13-5-3-4-6-14(13)18/h3-7H,8-10H2,1-2H3. The van der Waals surface area contributed by atoms with Crippen molar-refractivity contribution >= 4 is 31.9 Å². The van der Waals surface area contributed by atoms with Crippen LogP contribution in [-0.2, 0) is 18.9 Å². The minimum Gasteiger partial charge on any atom is -0.272 e. The smallest absolute Gasteiger partial charge is 0.127 e. The highest BCUT2D eigenvalue weighted by molar-refractivity contribution is 9.09. The Morgan fingerprint density at radius 2 is 1.90 bits per heavy atom. The van der Waals surface area contributed by atoms with Crippen molar-refractivity contribution < 1.29 is 4.39 Å². The number of aryl methyl sites for hydroxylation is 2. The summed E-state index contributed by atoms with van der Waals surface area (Å²) in [6.45, 7) is 1.97. The molecule has 20 heavy (non-hydrogen) atoms. The Morgan fingerprint density at radius 1 is 1.25 bits per heavy atom. The second-order valence-corrected chi connectivity index (χ2v) is 6.23. The van der Waals surface area contributed by atoms with E-state index in [0.717, 1.165) is 23.4 Å². The van der Waals surface area contributed by atoms with Crippen LogP contribution in [0.15, 0.2) is 30.3 Å². The van der Waals surface area contributed by atoms with E-state index in [2.05, 4.69) is 43.0 Å². The molecule has 2 aromatic rings. The lowest BCUT2D eigenvalue weighted by Crippen LogP contribution is -2.34. The van der Waals surface area contributed by atoms with E-state index < -0.39 is 0 Å². The van der Waals surface area contributed by atoms with Crippen LogP contribution in [-0.4, -0.2) is 20.4 Å². The van der Waals surface area contributed by atoms with Crippen molar-refractivity contribution in [3.05, 3.63) is 53.1 Å². The van der Waals surface area contributed by atoms with E-state index >= 15 is 0 Å². The zero-order valence-corrected chi connectivity index (χ0v) is 14.7. The van der Waals surface area contributed by atoms with E-state index in [1.807, 2.05) is 30.8 Å². The maximum atomic E-state index is 14.2. The summed E-state index contributed by atoms with van der Waals surface area (Å²) in [5, 5.41) is 5.73. The van der Waals surface area contributed by atoms with Crippen molar-refractivity contribution in [3.8, 4) is 0 Å². The Morgan fingerprint density at radius 3 is 2.40 bits per heavy atom. The van der Waals surface area contributed by atoms with Gasteiger partial charge in [-0.15, -0.1) is 0 Å². The zero-order chi connectivity index (χ0) is 14.8. The molecule has 1 heterocycles. The van der Waals surface area contributed by atoms with Gasteiger partial charge in [0, 0.05) is 35.2 Å². The fourth-order valence-corrected chi connectivity index (χ4v) is 4.37. The fraction of sp³-hybridized carbons (Fsp3) is 0.400. The Kier molecular flexibility index (Phi) is 5.02. The SMILES string of the molecule is Cc1cc(CC(CBr)(CBr)c2ccccc2F)n(C)n1. The van der Waals surface area contributed by atoms with Crippen LogP contribution >= 0.6 is 31.9 Å². The molecule has 0 saturated heterocycles. The topological polar surface area (TPSA) is 17.8 Å². The average molecular weight is 404 g/mol. The number of hydrogen-bond donors (Lipinski definition) is 0. The highest BCUT2D eigenvalue weighted by atomic mass is 79.9. The summed E-state index contributed by atoms with van der Waals surface area (Å²) in [5.74, 6) is -0.162. The molecule has 0 fully saturated rings. The van der Waals surface area contributed by atoms with E-state index in [1.54, 1.807) is 6.07 Å². The van der Waals surface area contributed by atoms with Crippen molar-refractivity contribution in [2.75, 3.05) is 10.7 Å².